The van der Waals surface area contributed by atoms with Gasteiger partial charge in [0.25, 0.3) is 0 Å². The van der Waals surface area contributed by atoms with E-state index >= 15 is 0 Å². The number of H-pyrrole nitrogens is 2. The zero-order chi connectivity index (χ0) is 21.9. The largest absolute Gasteiger partial charge is 0.342 e. The fourth-order valence-corrected chi connectivity index (χ4v) is 4.16. The first-order valence-electron chi connectivity index (χ1n) is 9.89. The van der Waals surface area contributed by atoms with Gasteiger partial charge in [-0.25, -0.2) is 9.97 Å². The number of benzene rings is 2. The SMILES string of the molecule is CC(=O)C1C(=O)Nc2cc3nc(C)[nH]c3cc21.Cc1nc2cc3c(cc2[nH]1)CC(=O)N3. The molecule has 2 aliphatic heterocycles. The highest BCUT2D eigenvalue weighted by molar-refractivity contribution is 6.17. The van der Waals surface area contributed by atoms with Crippen molar-refractivity contribution in [3.8, 4) is 0 Å². The van der Waals surface area contributed by atoms with Gasteiger partial charge in [-0.15, -0.1) is 0 Å². The Kier molecular flexibility index (Phi) is 4.14. The number of hydrogen-bond donors (Lipinski definition) is 4. The van der Waals surface area contributed by atoms with Gasteiger partial charge in [-0.2, -0.15) is 0 Å². The summed E-state index contributed by atoms with van der Waals surface area (Å²) in [6.45, 7) is 5.22. The molecule has 0 fully saturated rings. The third-order valence-corrected chi connectivity index (χ3v) is 5.46. The first kappa shape index (κ1) is 19.0. The van der Waals surface area contributed by atoms with Crippen LogP contribution in [0.25, 0.3) is 22.1 Å². The smallest absolute Gasteiger partial charge is 0.239 e. The number of aromatic amines is 2. The van der Waals surface area contributed by atoms with Crippen molar-refractivity contribution < 1.29 is 14.4 Å². The fourth-order valence-electron chi connectivity index (χ4n) is 4.16. The topological polar surface area (TPSA) is 133 Å². The third kappa shape index (κ3) is 3.24. The fraction of sp³-hybridized carbons (Fsp3) is 0.227. The van der Waals surface area contributed by atoms with Crippen molar-refractivity contribution in [2.75, 3.05) is 10.6 Å². The zero-order valence-corrected chi connectivity index (χ0v) is 17.2. The molecule has 4 N–H and O–H groups in total. The van der Waals surface area contributed by atoms with E-state index in [1.165, 1.54) is 6.92 Å². The number of imidazole rings is 2. The molecule has 0 spiro atoms. The monoisotopic (exact) mass is 416 g/mol. The van der Waals surface area contributed by atoms with Gasteiger partial charge >= 0.3 is 0 Å². The molecule has 4 heterocycles. The Morgan fingerprint density at radius 2 is 1.52 bits per heavy atom. The number of hydrogen-bond acceptors (Lipinski definition) is 5. The van der Waals surface area contributed by atoms with Crippen molar-refractivity contribution in [1.29, 1.82) is 0 Å². The average Bonchev–Trinajstić information content (AvgIpc) is 3.39. The number of carbonyl (C=O) groups is 3. The summed E-state index contributed by atoms with van der Waals surface area (Å²) >= 11 is 0. The maximum atomic E-state index is 11.7. The molecule has 9 heteroatoms. The van der Waals surface area contributed by atoms with Crippen LogP contribution < -0.4 is 10.6 Å². The van der Waals surface area contributed by atoms with E-state index < -0.39 is 5.92 Å². The van der Waals surface area contributed by atoms with Gasteiger partial charge in [0.05, 0.1) is 28.5 Å². The molecule has 2 amide bonds. The minimum Gasteiger partial charge on any atom is -0.342 e. The van der Waals surface area contributed by atoms with Crippen LogP contribution in [0.5, 0.6) is 0 Å². The number of nitrogens with zero attached hydrogens (tertiary/aromatic N) is 2. The number of anilines is 2. The number of aryl methyl sites for hydroxylation is 2. The molecule has 156 valence electrons. The number of rotatable bonds is 1. The van der Waals surface area contributed by atoms with Gasteiger partial charge < -0.3 is 20.6 Å². The first-order valence-corrected chi connectivity index (χ1v) is 9.89. The van der Waals surface area contributed by atoms with Crippen molar-refractivity contribution in [3.05, 3.63) is 47.0 Å². The Morgan fingerprint density at radius 1 is 0.903 bits per heavy atom. The third-order valence-electron chi connectivity index (χ3n) is 5.46. The number of Topliss-reactive ketones (excluding diaryl/α,β-unsaturated/α-hetero) is 1. The number of nitrogens with one attached hydrogen (secondary N) is 4. The van der Waals surface area contributed by atoms with Crippen LogP contribution in [0.4, 0.5) is 11.4 Å². The second-order valence-corrected chi connectivity index (χ2v) is 7.89. The van der Waals surface area contributed by atoms with E-state index in [2.05, 4.69) is 30.6 Å². The lowest BCUT2D eigenvalue weighted by atomic mass is 9.97. The molecule has 2 aromatic heterocycles. The van der Waals surface area contributed by atoms with Crippen molar-refractivity contribution in [2.45, 2.75) is 33.1 Å². The Hall–Kier alpha value is -4.01. The molecule has 2 aliphatic rings. The second-order valence-electron chi connectivity index (χ2n) is 7.89. The number of ketones is 1. The van der Waals surface area contributed by atoms with E-state index in [0.29, 0.717) is 12.1 Å². The highest BCUT2D eigenvalue weighted by atomic mass is 16.2. The molecule has 9 nitrogen and oxygen atoms in total. The molecule has 4 aromatic rings. The van der Waals surface area contributed by atoms with E-state index in [0.717, 1.165) is 50.5 Å². The van der Waals surface area contributed by atoms with Crippen LogP contribution in [0.15, 0.2) is 24.3 Å². The van der Waals surface area contributed by atoms with E-state index in [4.69, 9.17) is 0 Å². The van der Waals surface area contributed by atoms with E-state index in [1.807, 2.05) is 32.0 Å². The average molecular weight is 416 g/mol. The predicted octanol–water partition coefficient (Wildman–Crippen LogP) is 2.86. The van der Waals surface area contributed by atoms with Crippen LogP contribution in [-0.4, -0.2) is 37.5 Å². The summed E-state index contributed by atoms with van der Waals surface area (Å²) in [6, 6.07) is 7.53. The maximum absolute atomic E-state index is 11.7. The molecule has 0 bridgehead atoms. The minimum absolute atomic E-state index is 0.0596. The molecule has 0 saturated heterocycles. The van der Waals surface area contributed by atoms with Crippen LogP contribution >= 0.6 is 0 Å². The van der Waals surface area contributed by atoms with Crippen LogP contribution in [0.3, 0.4) is 0 Å². The highest BCUT2D eigenvalue weighted by Crippen LogP contribution is 2.35. The Bertz CT molecular complexity index is 1370. The van der Waals surface area contributed by atoms with Crippen molar-refractivity contribution >= 4 is 51.0 Å². The highest BCUT2D eigenvalue weighted by Gasteiger charge is 2.34. The molecule has 0 saturated carbocycles. The summed E-state index contributed by atoms with van der Waals surface area (Å²) in [5, 5.41) is 5.52. The lowest BCUT2D eigenvalue weighted by Crippen LogP contribution is -2.18. The van der Waals surface area contributed by atoms with Crippen molar-refractivity contribution in [1.82, 2.24) is 19.9 Å². The minimum atomic E-state index is -0.682. The molecule has 1 unspecified atom stereocenters. The summed E-state index contributed by atoms with van der Waals surface area (Å²) in [7, 11) is 0. The van der Waals surface area contributed by atoms with Gasteiger partial charge in [0.1, 0.15) is 23.3 Å². The molecule has 0 aliphatic carbocycles. The van der Waals surface area contributed by atoms with E-state index in [1.54, 1.807) is 6.07 Å². The van der Waals surface area contributed by atoms with Gasteiger partial charge in [0, 0.05) is 11.4 Å². The summed E-state index contributed by atoms with van der Waals surface area (Å²) in [5.41, 5.74) is 6.92. The van der Waals surface area contributed by atoms with Crippen LogP contribution in [0, 0.1) is 13.8 Å². The predicted molar refractivity (Wildman–Crippen MR) is 116 cm³/mol. The van der Waals surface area contributed by atoms with Gasteiger partial charge in [-0.3, -0.25) is 14.4 Å². The molecule has 0 radical (unpaired) electrons. The molecule has 6 rings (SSSR count). The van der Waals surface area contributed by atoms with Crippen LogP contribution in [-0.2, 0) is 20.8 Å². The molecular weight excluding hydrogens is 396 g/mol. The second kappa shape index (κ2) is 6.76. The number of fused-ring (bicyclic) bond motifs is 4. The molecule has 31 heavy (non-hydrogen) atoms. The number of amides is 2. The van der Waals surface area contributed by atoms with Gasteiger partial charge in [-0.05, 0) is 56.2 Å². The molecule has 2 aromatic carbocycles. The quantitative estimate of drug-likeness (QED) is 0.354. The van der Waals surface area contributed by atoms with Gasteiger partial charge in [-0.1, -0.05) is 0 Å². The number of carbonyl (C=O) groups excluding carboxylic acids is 3. The standard InChI is InChI=1S/C12H11N3O2.C10H9N3O/c1-5(16)11-7-3-9-10(14-6(2)13-9)4-8(7)15-12(11)17;1-5-11-8-2-6-3-10(14)13-7(6)4-9(8)12-5/h3-4,11H,1-2H3,(H,13,14)(H,15,17);2,4H,3H2,1H3,(H,11,12)(H,13,14). The Labute approximate surface area is 176 Å². The van der Waals surface area contributed by atoms with Crippen molar-refractivity contribution in [2.24, 2.45) is 0 Å². The summed E-state index contributed by atoms with van der Waals surface area (Å²) in [6.07, 6.45) is 0.476. The zero-order valence-electron chi connectivity index (χ0n) is 17.2. The van der Waals surface area contributed by atoms with E-state index in [9.17, 15) is 14.4 Å². The van der Waals surface area contributed by atoms with Crippen LogP contribution in [0.2, 0.25) is 0 Å². The van der Waals surface area contributed by atoms with Gasteiger partial charge in [0.2, 0.25) is 11.8 Å². The van der Waals surface area contributed by atoms with Crippen LogP contribution in [0.1, 0.15) is 35.6 Å². The molecule has 1 atom stereocenters. The lowest BCUT2D eigenvalue weighted by molar-refractivity contribution is -0.126. The van der Waals surface area contributed by atoms with Gasteiger partial charge in [0.15, 0.2) is 0 Å². The lowest BCUT2D eigenvalue weighted by Gasteiger charge is -2.03. The summed E-state index contributed by atoms with van der Waals surface area (Å²) in [4.78, 5) is 49.1. The Morgan fingerprint density at radius 3 is 2.16 bits per heavy atom. The maximum Gasteiger partial charge on any atom is 0.239 e. The number of aromatic nitrogens is 4. The summed E-state index contributed by atoms with van der Waals surface area (Å²) < 4.78 is 0. The molecular formula is C22H20N6O3. The summed E-state index contributed by atoms with van der Waals surface area (Å²) in [5.74, 6) is 0.695. The first-order chi connectivity index (χ1) is 14.8. The van der Waals surface area contributed by atoms with Crippen molar-refractivity contribution in [3.63, 3.8) is 0 Å². The normalized spacial score (nSPS) is 16.5. The Balaban J connectivity index is 0.000000134. The van der Waals surface area contributed by atoms with E-state index in [-0.39, 0.29) is 17.6 Å².